The number of aromatic nitrogens is 4. The number of aliphatic carboxylic acids is 1. The number of carbonyl (C=O) groups is 1. The van der Waals surface area contributed by atoms with Crippen LogP contribution in [-0.2, 0) is 11.3 Å². The molecule has 0 aliphatic carbocycles. The van der Waals surface area contributed by atoms with Crippen molar-refractivity contribution in [1.82, 2.24) is 19.4 Å². The first kappa shape index (κ1) is 13.3. The van der Waals surface area contributed by atoms with Crippen LogP contribution in [0.3, 0.4) is 0 Å². The van der Waals surface area contributed by atoms with Gasteiger partial charge in [0, 0.05) is 6.20 Å². The van der Waals surface area contributed by atoms with E-state index >= 15 is 0 Å². The minimum atomic E-state index is -1.11. The fourth-order valence-corrected chi connectivity index (χ4v) is 2.39. The lowest BCUT2D eigenvalue weighted by Crippen LogP contribution is -2.28. The summed E-state index contributed by atoms with van der Waals surface area (Å²) in [5.74, 6) is -1.07. The van der Waals surface area contributed by atoms with Crippen molar-refractivity contribution in [1.29, 1.82) is 0 Å². The average molecular weight is 286 g/mol. The maximum atomic E-state index is 12.4. The van der Waals surface area contributed by atoms with Crippen molar-refractivity contribution in [3.8, 4) is 0 Å². The molecule has 3 heterocycles. The van der Waals surface area contributed by atoms with Gasteiger partial charge < -0.3 is 5.11 Å². The summed E-state index contributed by atoms with van der Waals surface area (Å²) in [6, 6.07) is 5.55. The van der Waals surface area contributed by atoms with Crippen LogP contribution in [0, 0.1) is 0 Å². The standard InChI is InChI=1S/C14H14N4O3/c1-8(2)12-11-9-5-3-4-6-17(9)16-13(11)14(21)18(15-12)7-10(19)20/h3-6,8H,7H2,1-2H3,(H,19,20). The van der Waals surface area contributed by atoms with Crippen molar-refractivity contribution in [2.24, 2.45) is 0 Å². The van der Waals surface area contributed by atoms with Gasteiger partial charge in [-0.2, -0.15) is 10.2 Å². The summed E-state index contributed by atoms with van der Waals surface area (Å²) in [4.78, 5) is 23.3. The molecule has 0 amide bonds. The predicted octanol–water partition coefficient (Wildman–Crippen LogP) is 1.25. The van der Waals surface area contributed by atoms with E-state index in [1.54, 1.807) is 10.7 Å². The number of hydrogen-bond acceptors (Lipinski definition) is 4. The van der Waals surface area contributed by atoms with Gasteiger partial charge in [-0.15, -0.1) is 0 Å². The van der Waals surface area contributed by atoms with E-state index in [-0.39, 0.29) is 11.4 Å². The molecule has 3 rings (SSSR count). The van der Waals surface area contributed by atoms with Crippen LogP contribution in [-0.4, -0.2) is 30.5 Å². The number of rotatable bonds is 3. The molecule has 0 bridgehead atoms. The fourth-order valence-electron chi connectivity index (χ4n) is 2.39. The van der Waals surface area contributed by atoms with Crippen molar-refractivity contribution >= 4 is 22.4 Å². The largest absolute Gasteiger partial charge is 0.480 e. The Morgan fingerprint density at radius 3 is 2.76 bits per heavy atom. The van der Waals surface area contributed by atoms with Gasteiger partial charge in [-0.05, 0) is 18.1 Å². The molecule has 0 spiro atoms. The van der Waals surface area contributed by atoms with Crippen LogP contribution in [0.2, 0.25) is 0 Å². The second-order valence-corrected chi connectivity index (χ2v) is 5.15. The number of pyridine rings is 1. The Hall–Kier alpha value is -2.70. The highest BCUT2D eigenvalue weighted by Crippen LogP contribution is 2.24. The van der Waals surface area contributed by atoms with E-state index in [9.17, 15) is 9.59 Å². The lowest BCUT2D eigenvalue weighted by Gasteiger charge is -2.09. The first-order valence-electron chi connectivity index (χ1n) is 6.59. The molecule has 3 aromatic rings. The Morgan fingerprint density at radius 2 is 2.10 bits per heavy atom. The molecule has 21 heavy (non-hydrogen) atoms. The molecular formula is C14H14N4O3. The molecule has 0 saturated heterocycles. The van der Waals surface area contributed by atoms with E-state index in [1.165, 1.54) is 0 Å². The van der Waals surface area contributed by atoms with Gasteiger partial charge in [-0.25, -0.2) is 9.20 Å². The Labute approximate surface area is 119 Å². The highest BCUT2D eigenvalue weighted by Gasteiger charge is 2.19. The Morgan fingerprint density at radius 1 is 1.33 bits per heavy atom. The number of carboxylic acid groups (broad SMARTS) is 1. The van der Waals surface area contributed by atoms with Crippen molar-refractivity contribution in [2.45, 2.75) is 26.3 Å². The zero-order valence-corrected chi connectivity index (χ0v) is 11.6. The van der Waals surface area contributed by atoms with Gasteiger partial charge in [0.2, 0.25) is 0 Å². The molecule has 0 unspecified atom stereocenters. The summed E-state index contributed by atoms with van der Waals surface area (Å²) in [5, 5.41) is 18.1. The molecule has 0 aliphatic heterocycles. The second kappa shape index (κ2) is 4.69. The Balaban J connectivity index is 2.46. The van der Waals surface area contributed by atoms with Gasteiger partial charge in [0.25, 0.3) is 5.56 Å². The summed E-state index contributed by atoms with van der Waals surface area (Å²) in [5.41, 5.74) is 1.23. The quantitative estimate of drug-likeness (QED) is 0.782. The molecule has 0 fully saturated rings. The van der Waals surface area contributed by atoms with E-state index in [1.807, 2.05) is 32.0 Å². The van der Waals surface area contributed by atoms with Gasteiger partial charge in [0.05, 0.1) is 16.6 Å². The molecule has 0 aromatic carbocycles. The summed E-state index contributed by atoms with van der Waals surface area (Å²) in [6.45, 7) is 3.43. The SMILES string of the molecule is CC(C)c1nn(CC(=O)O)c(=O)c2nn3ccccc3c12. The van der Waals surface area contributed by atoms with E-state index < -0.39 is 18.1 Å². The van der Waals surface area contributed by atoms with E-state index in [0.717, 1.165) is 10.2 Å². The van der Waals surface area contributed by atoms with Crippen molar-refractivity contribution < 1.29 is 9.90 Å². The van der Waals surface area contributed by atoms with Crippen LogP contribution in [0.1, 0.15) is 25.5 Å². The molecular weight excluding hydrogens is 272 g/mol. The van der Waals surface area contributed by atoms with Crippen LogP contribution in [0.15, 0.2) is 29.2 Å². The fraction of sp³-hybridized carbons (Fsp3) is 0.286. The highest BCUT2D eigenvalue weighted by atomic mass is 16.4. The van der Waals surface area contributed by atoms with E-state index in [4.69, 9.17) is 5.11 Å². The zero-order valence-electron chi connectivity index (χ0n) is 11.6. The minimum Gasteiger partial charge on any atom is -0.480 e. The number of nitrogens with zero attached hydrogens (tertiary/aromatic N) is 4. The molecule has 0 saturated carbocycles. The van der Waals surface area contributed by atoms with Crippen LogP contribution < -0.4 is 5.56 Å². The Kier molecular flexibility index (Phi) is 2.97. The molecule has 1 N–H and O–H groups in total. The first-order chi connectivity index (χ1) is 9.99. The number of carboxylic acids is 1. The maximum absolute atomic E-state index is 12.4. The third-order valence-corrected chi connectivity index (χ3v) is 3.29. The molecule has 3 aromatic heterocycles. The predicted molar refractivity (Wildman–Crippen MR) is 76.5 cm³/mol. The Bertz CT molecular complexity index is 908. The second-order valence-electron chi connectivity index (χ2n) is 5.15. The monoisotopic (exact) mass is 286 g/mol. The molecule has 0 radical (unpaired) electrons. The number of fused-ring (bicyclic) bond motifs is 3. The summed E-state index contributed by atoms with van der Waals surface area (Å²) in [7, 11) is 0. The maximum Gasteiger partial charge on any atom is 0.325 e. The smallest absolute Gasteiger partial charge is 0.325 e. The summed E-state index contributed by atoms with van der Waals surface area (Å²) in [6.07, 6.45) is 1.75. The third kappa shape index (κ3) is 2.06. The van der Waals surface area contributed by atoms with Gasteiger partial charge >= 0.3 is 5.97 Å². The van der Waals surface area contributed by atoms with Gasteiger partial charge in [-0.3, -0.25) is 9.59 Å². The molecule has 0 aliphatic rings. The zero-order chi connectivity index (χ0) is 15.1. The van der Waals surface area contributed by atoms with Crippen molar-refractivity contribution in [3.63, 3.8) is 0 Å². The molecule has 7 heteroatoms. The molecule has 108 valence electrons. The average Bonchev–Trinajstić information content (AvgIpc) is 2.81. The highest BCUT2D eigenvalue weighted by molar-refractivity contribution is 5.95. The topological polar surface area (TPSA) is 89.5 Å². The van der Waals surface area contributed by atoms with Crippen molar-refractivity contribution in [3.05, 3.63) is 40.4 Å². The van der Waals surface area contributed by atoms with Crippen LogP contribution in [0.4, 0.5) is 0 Å². The van der Waals surface area contributed by atoms with Gasteiger partial charge in [0.1, 0.15) is 6.54 Å². The first-order valence-corrected chi connectivity index (χ1v) is 6.59. The van der Waals surface area contributed by atoms with Crippen LogP contribution in [0.25, 0.3) is 16.4 Å². The third-order valence-electron chi connectivity index (χ3n) is 3.29. The lowest BCUT2D eigenvalue weighted by atomic mass is 10.1. The van der Waals surface area contributed by atoms with Crippen LogP contribution >= 0.6 is 0 Å². The summed E-state index contributed by atoms with van der Waals surface area (Å²) >= 11 is 0. The van der Waals surface area contributed by atoms with Crippen molar-refractivity contribution in [2.75, 3.05) is 0 Å². The van der Waals surface area contributed by atoms with E-state index in [2.05, 4.69) is 10.2 Å². The molecule has 0 atom stereocenters. The van der Waals surface area contributed by atoms with Gasteiger partial charge in [-0.1, -0.05) is 19.9 Å². The minimum absolute atomic E-state index is 0.0429. The normalized spacial score (nSPS) is 11.6. The van der Waals surface area contributed by atoms with Gasteiger partial charge in [0.15, 0.2) is 5.52 Å². The van der Waals surface area contributed by atoms with E-state index in [0.29, 0.717) is 11.1 Å². The lowest BCUT2D eigenvalue weighted by molar-refractivity contribution is -0.138. The summed E-state index contributed by atoms with van der Waals surface area (Å²) < 4.78 is 2.58. The number of hydrogen-bond donors (Lipinski definition) is 1. The van der Waals surface area contributed by atoms with Crippen LogP contribution in [0.5, 0.6) is 0 Å². The molecule has 7 nitrogen and oxygen atoms in total.